The first-order valence-corrected chi connectivity index (χ1v) is 20.6. The normalized spacial score (nSPS) is 12.7. The minimum absolute atomic E-state index is 1.05. The fourth-order valence-corrected chi connectivity index (χ4v) is 10.4. The molecule has 0 spiro atoms. The Morgan fingerprint density at radius 2 is 0.930 bits per heavy atom. The zero-order valence-corrected chi connectivity index (χ0v) is 32.0. The molecular formula is C54H36N2S. The molecule has 3 aromatic heterocycles. The van der Waals surface area contributed by atoms with E-state index in [1.165, 1.54) is 108 Å². The monoisotopic (exact) mass is 744 g/mol. The van der Waals surface area contributed by atoms with Gasteiger partial charge in [0, 0.05) is 58.3 Å². The number of aromatic nitrogens is 2. The molecule has 0 N–H and O–H groups in total. The molecule has 1 aliphatic carbocycles. The van der Waals surface area contributed by atoms with Crippen molar-refractivity contribution >= 4 is 76.4 Å². The van der Waals surface area contributed by atoms with Gasteiger partial charge in [0.2, 0.25) is 0 Å². The van der Waals surface area contributed by atoms with Gasteiger partial charge in [-0.3, -0.25) is 0 Å². The average molecular weight is 745 g/mol. The highest BCUT2D eigenvalue weighted by Gasteiger charge is 2.18. The quantitative estimate of drug-likeness (QED) is 0.166. The van der Waals surface area contributed by atoms with Gasteiger partial charge < -0.3 is 9.13 Å². The molecule has 268 valence electrons. The van der Waals surface area contributed by atoms with Gasteiger partial charge in [0.1, 0.15) is 0 Å². The lowest BCUT2D eigenvalue weighted by Crippen LogP contribution is -2.30. The van der Waals surface area contributed by atoms with Crippen molar-refractivity contribution in [2.45, 2.75) is 12.8 Å². The van der Waals surface area contributed by atoms with Crippen LogP contribution in [0.2, 0.25) is 0 Å². The molecule has 0 aliphatic heterocycles. The van der Waals surface area contributed by atoms with E-state index in [9.17, 15) is 0 Å². The van der Waals surface area contributed by atoms with Crippen molar-refractivity contribution in [1.29, 1.82) is 0 Å². The standard InChI is InChI=1S/C54H36N2S/c1-3-12-35(13-4-1)37-22-26-41(27-23-37)55-51-29-25-40(32-46(51)47-33-48-44-19-8-10-21-53(44)57-54(48)34-52(47)55)39-24-28-50-45(31-39)43-18-7-9-20-49(43)56(50)42-17-11-16-38(30-42)36-14-5-2-6-15-36/h1-6,8,10-34H,7,9H2. The highest BCUT2D eigenvalue weighted by atomic mass is 32.1. The van der Waals surface area contributed by atoms with Crippen molar-refractivity contribution in [3.05, 3.63) is 193 Å². The highest BCUT2D eigenvalue weighted by molar-refractivity contribution is 7.25. The predicted octanol–water partition coefficient (Wildman–Crippen LogP) is 13.5. The Labute approximate surface area is 334 Å². The minimum atomic E-state index is 1.05. The molecule has 2 nitrogen and oxygen atoms in total. The first-order chi connectivity index (χ1) is 28.2. The van der Waals surface area contributed by atoms with Gasteiger partial charge in [-0.25, -0.2) is 0 Å². The van der Waals surface area contributed by atoms with Crippen molar-refractivity contribution in [2.75, 3.05) is 0 Å². The molecule has 0 radical (unpaired) electrons. The molecule has 57 heavy (non-hydrogen) atoms. The molecule has 3 heterocycles. The Balaban J connectivity index is 1.05. The summed E-state index contributed by atoms with van der Waals surface area (Å²) < 4.78 is 7.57. The Bertz CT molecular complexity index is 3490. The summed E-state index contributed by atoms with van der Waals surface area (Å²) in [6.07, 6.45) is 6.97. The van der Waals surface area contributed by atoms with E-state index in [1.54, 1.807) is 0 Å². The van der Waals surface area contributed by atoms with Crippen LogP contribution in [0.4, 0.5) is 0 Å². The summed E-state index contributed by atoms with van der Waals surface area (Å²) in [7, 11) is 0. The van der Waals surface area contributed by atoms with Crippen LogP contribution in [0.25, 0.3) is 110 Å². The van der Waals surface area contributed by atoms with Crippen molar-refractivity contribution in [3.8, 4) is 44.8 Å². The second-order valence-electron chi connectivity index (χ2n) is 15.2. The van der Waals surface area contributed by atoms with E-state index in [0.717, 1.165) is 12.8 Å². The van der Waals surface area contributed by atoms with Gasteiger partial charge in [-0.05, 0) is 113 Å². The van der Waals surface area contributed by atoms with E-state index >= 15 is 0 Å². The molecule has 0 fully saturated rings. The van der Waals surface area contributed by atoms with Crippen LogP contribution in [0.15, 0.2) is 182 Å². The van der Waals surface area contributed by atoms with Gasteiger partial charge >= 0.3 is 0 Å². The maximum atomic E-state index is 2.47. The van der Waals surface area contributed by atoms with E-state index in [-0.39, 0.29) is 0 Å². The molecule has 12 rings (SSSR count). The SMILES string of the molecule is C1=c2c(n(-c3cccc(-c4ccccc4)c3)c3ccc(-c4ccc5c(c4)c4cc6c(cc4n5-c4ccc(-c5ccccc5)cc4)sc4ccccc46)cc23)=CCC1. The summed E-state index contributed by atoms with van der Waals surface area (Å²) in [6, 6.07) is 67.2. The second-order valence-corrected chi connectivity index (χ2v) is 16.3. The maximum Gasteiger partial charge on any atom is 0.0555 e. The van der Waals surface area contributed by atoms with Crippen LogP contribution < -0.4 is 10.6 Å². The molecule has 0 bridgehead atoms. The lowest BCUT2D eigenvalue weighted by atomic mass is 10.00. The molecule has 0 amide bonds. The third-order valence-electron chi connectivity index (χ3n) is 11.9. The van der Waals surface area contributed by atoms with E-state index in [4.69, 9.17) is 0 Å². The molecule has 0 unspecified atom stereocenters. The third-order valence-corrected chi connectivity index (χ3v) is 13.1. The topological polar surface area (TPSA) is 9.86 Å². The molecular weight excluding hydrogens is 709 g/mol. The summed E-state index contributed by atoms with van der Waals surface area (Å²) >= 11 is 1.88. The van der Waals surface area contributed by atoms with Gasteiger partial charge in [-0.2, -0.15) is 0 Å². The number of nitrogens with zero attached hydrogens (tertiary/aromatic N) is 2. The number of rotatable bonds is 5. The van der Waals surface area contributed by atoms with Gasteiger partial charge in [0.25, 0.3) is 0 Å². The number of fused-ring (bicyclic) bond motifs is 9. The molecule has 0 saturated heterocycles. The first kappa shape index (κ1) is 32.3. The van der Waals surface area contributed by atoms with Crippen molar-refractivity contribution < 1.29 is 0 Å². The predicted molar refractivity (Wildman–Crippen MR) is 244 cm³/mol. The van der Waals surface area contributed by atoms with E-state index in [0.29, 0.717) is 0 Å². The van der Waals surface area contributed by atoms with Gasteiger partial charge in [-0.15, -0.1) is 11.3 Å². The van der Waals surface area contributed by atoms with Crippen LogP contribution in [0.5, 0.6) is 0 Å². The fourth-order valence-electron chi connectivity index (χ4n) is 9.24. The lowest BCUT2D eigenvalue weighted by molar-refractivity contribution is 1.02. The van der Waals surface area contributed by atoms with E-state index in [2.05, 4.69) is 203 Å². The van der Waals surface area contributed by atoms with Crippen molar-refractivity contribution in [3.63, 3.8) is 0 Å². The fraction of sp³-hybridized carbons (Fsp3) is 0.0370. The van der Waals surface area contributed by atoms with E-state index < -0.39 is 0 Å². The second kappa shape index (κ2) is 12.8. The van der Waals surface area contributed by atoms with Crippen LogP contribution in [0.3, 0.4) is 0 Å². The Kier molecular flexibility index (Phi) is 7.26. The van der Waals surface area contributed by atoms with Crippen LogP contribution in [-0.4, -0.2) is 9.13 Å². The van der Waals surface area contributed by atoms with Crippen LogP contribution in [0, 0.1) is 0 Å². The molecule has 11 aromatic rings. The van der Waals surface area contributed by atoms with Crippen LogP contribution in [0.1, 0.15) is 12.8 Å². The molecule has 3 heteroatoms. The minimum Gasteiger partial charge on any atom is -0.310 e. The summed E-state index contributed by atoms with van der Waals surface area (Å²) in [5.74, 6) is 0. The summed E-state index contributed by atoms with van der Waals surface area (Å²) in [5.41, 5.74) is 13.4. The van der Waals surface area contributed by atoms with Crippen LogP contribution >= 0.6 is 11.3 Å². The Morgan fingerprint density at radius 3 is 1.72 bits per heavy atom. The molecule has 1 aliphatic rings. The summed E-state index contributed by atoms with van der Waals surface area (Å²) in [6.45, 7) is 0. The summed E-state index contributed by atoms with van der Waals surface area (Å²) in [5, 5.41) is 9.13. The van der Waals surface area contributed by atoms with Crippen molar-refractivity contribution in [2.24, 2.45) is 0 Å². The maximum absolute atomic E-state index is 2.47. The van der Waals surface area contributed by atoms with Gasteiger partial charge in [-0.1, -0.05) is 127 Å². The lowest BCUT2D eigenvalue weighted by Gasteiger charge is -2.11. The molecule has 0 atom stereocenters. The molecule has 8 aromatic carbocycles. The Morgan fingerprint density at radius 1 is 0.333 bits per heavy atom. The van der Waals surface area contributed by atoms with Crippen LogP contribution in [-0.2, 0) is 0 Å². The number of hydrogen-bond acceptors (Lipinski definition) is 1. The third kappa shape index (κ3) is 5.16. The number of hydrogen-bond donors (Lipinski definition) is 0. The Hall–Kier alpha value is -6.94. The largest absolute Gasteiger partial charge is 0.310 e. The van der Waals surface area contributed by atoms with Gasteiger partial charge in [0.05, 0.1) is 16.6 Å². The zero-order valence-electron chi connectivity index (χ0n) is 31.2. The van der Waals surface area contributed by atoms with Gasteiger partial charge in [0.15, 0.2) is 0 Å². The summed E-state index contributed by atoms with van der Waals surface area (Å²) in [4.78, 5) is 0. The molecule has 0 saturated carbocycles. The van der Waals surface area contributed by atoms with E-state index in [1.807, 2.05) is 11.3 Å². The highest BCUT2D eigenvalue weighted by Crippen LogP contribution is 2.42. The first-order valence-electron chi connectivity index (χ1n) is 19.8. The number of benzene rings is 8. The average Bonchev–Trinajstić information content (AvgIpc) is 3.93. The van der Waals surface area contributed by atoms with Crippen molar-refractivity contribution in [1.82, 2.24) is 9.13 Å². The smallest absolute Gasteiger partial charge is 0.0555 e. The number of thiophene rings is 1. The zero-order chi connectivity index (χ0) is 37.5.